The van der Waals surface area contributed by atoms with Crippen molar-refractivity contribution in [3.05, 3.63) is 28.2 Å². The van der Waals surface area contributed by atoms with E-state index in [0.717, 1.165) is 29.4 Å². The highest BCUT2D eigenvalue weighted by Gasteiger charge is 2.16. The summed E-state index contributed by atoms with van der Waals surface area (Å²) in [7, 11) is 0. The number of aryl methyl sites for hydroxylation is 1. The summed E-state index contributed by atoms with van der Waals surface area (Å²) >= 11 is 1.67. The first-order chi connectivity index (χ1) is 9.10. The van der Waals surface area contributed by atoms with Crippen molar-refractivity contribution in [3.8, 4) is 0 Å². The number of aromatic nitrogens is 4. The molecule has 0 bridgehead atoms. The lowest BCUT2D eigenvalue weighted by Crippen LogP contribution is -2.39. The Kier molecular flexibility index (Phi) is 4.62. The van der Waals surface area contributed by atoms with Crippen molar-refractivity contribution in [2.24, 2.45) is 5.84 Å². The average Bonchev–Trinajstić information content (AvgIpc) is 2.97. The van der Waals surface area contributed by atoms with E-state index in [9.17, 15) is 0 Å². The van der Waals surface area contributed by atoms with Gasteiger partial charge in [0.15, 0.2) is 0 Å². The summed E-state index contributed by atoms with van der Waals surface area (Å²) in [6.45, 7) is 6.18. The first kappa shape index (κ1) is 14.1. The zero-order valence-electron chi connectivity index (χ0n) is 11.5. The van der Waals surface area contributed by atoms with Gasteiger partial charge in [0.1, 0.15) is 12.2 Å². The minimum atomic E-state index is 0.118. The molecule has 2 heterocycles. The van der Waals surface area contributed by atoms with Crippen molar-refractivity contribution >= 4 is 11.3 Å². The molecule has 0 radical (unpaired) electrons. The smallest absolute Gasteiger partial charge is 0.138 e. The van der Waals surface area contributed by atoms with Crippen molar-refractivity contribution in [3.63, 3.8) is 0 Å². The molecule has 2 rings (SSSR count). The van der Waals surface area contributed by atoms with Crippen molar-refractivity contribution < 1.29 is 0 Å². The molecule has 0 spiro atoms. The molecular formula is C12H20N6S. The highest BCUT2D eigenvalue weighted by molar-refractivity contribution is 7.09. The summed E-state index contributed by atoms with van der Waals surface area (Å²) < 4.78 is 1.93. The van der Waals surface area contributed by atoms with Crippen LogP contribution in [0, 0.1) is 6.92 Å². The molecule has 0 saturated carbocycles. The second-order valence-electron chi connectivity index (χ2n) is 4.87. The van der Waals surface area contributed by atoms with Gasteiger partial charge in [-0.25, -0.2) is 14.6 Å². The fraction of sp³-hybridized carbons (Fsp3) is 0.583. The Morgan fingerprint density at radius 3 is 2.79 bits per heavy atom. The van der Waals surface area contributed by atoms with E-state index in [4.69, 9.17) is 5.84 Å². The lowest BCUT2D eigenvalue weighted by molar-refractivity contribution is 0.458. The lowest BCUT2D eigenvalue weighted by atomic mass is 10.1. The first-order valence-corrected chi connectivity index (χ1v) is 7.23. The Labute approximate surface area is 117 Å². The Bertz CT molecular complexity index is 518. The van der Waals surface area contributed by atoms with Gasteiger partial charge in [0.25, 0.3) is 0 Å². The van der Waals surface area contributed by atoms with Crippen LogP contribution in [0.15, 0.2) is 11.7 Å². The molecule has 2 aromatic rings. The number of nitrogens with zero attached hydrogens (tertiary/aromatic N) is 4. The van der Waals surface area contributed by atoms with Crippen LogP contribution in [0.4, 0.5) is 0 Å². The molecule has 3 N–H and O–H groups in total. The Hall–Kier alpha value is -1.31. The molecule has 2 aromatic heterocycles. The van der Waals surface area contributed by atoms with Crippen LogP contribution in [-0.4, -0.2) is 25.8 Å². The molecule has 7 heteroatoms. The van der Waals surface area contributed by atoms with Gasteiger partial charge < -0.3 is 0 Å². The number of nitrogens with two attached hydrogens (primary N) is 1. The molecule has 0 fully saturated rings. The Balaban J connectivity index is 2.04. The van der Waals surface area contributed by atoms with E-state index in [1.807, 2.05) is 11.6 Å². The Morgan fingerprint density at radius 2 is 2.21 bits per heavy atom. The topological polar surface area (TPSA) is 81.7 Å². The SMILES string of the molecule is Cc1csc(CC(Cc2ncnn2C(C)C)NN)n1. The van der Waals surface area contributed by atoms with Gasteiger partial charge >= 0.3 is 0 Å². The monoisotopic (exact) mass is 280 g/mol. The molecule has 0 amide bonds. The van der Waals surface area contributed by atoms with E-state index in [0.29, 0.717) is 6.04 Å². The standard InChI is InChI=1S/C12H20N6S/c1-8(2)18-11(14-7-15-18)4-10(17-13)5-12-16-9(3)6-19-12/h6-8,10,17H,4-5,13H2,1-3H3. The number of nitrogens with one attached hydrogen (secondary N) is 1. The van der Waals surface area contributed by atoms with E-state index in [-0.39, 0.29) is 6.04 Å². The maximum atomic E-state index is 5.64. The van der Waals surface area contributed by atoms with Crippen LogP contribution in [0.5, 0.6) is 0 Å². The minimum Gasteiger partial charge on any atom is -0.271 e. The summed E-state index contributed by atoms with van der Waals surface area (Å²) in [5, 5.41) is 7.39. The molecule has 1 atom stereocenters. The molecule has 0 aliphatic heterocycles. The number of hydrogen-bond donors (Lipinski definition) is 2. The van der Waals surface area contributed by atoms with Crippen LogP contribution in [0.25, 0.3) is 0 Å². The van der Waals surface area contributed by atoms with Crippen LogP contribution < -0.4 is 11.3 Å². The Morgan fingerprint density at radius 1 is 1.42 bits per heavy atom. The summed E-state index contributed by atoms with van der Waals surface area (Å²) in [6.07, 6.45) is 3.14. The molecule has 0 saturated heterocycles. The summed E-state index contributed by atoms with van der Waals surface area (Å²) in [5.41, 5.74) is 3.91. The van der Waals surface area contributed by atoms with Gasteiger partial charge in [0.2, 0.25) is 0 Å². The number of hydrogen-bond acceptors (Lipinski definition) is 6. The van der Waals surface area contributed by atoms with Gasteiger partial charge in [-0.3, -0.25) is 11.3 Å². The summed E-state index contributed by atoms with van der Waals surface area (Å²) in [6, 6.07) is 0.422. The van der Waals surface area contributed by atoms with E-state index >= 15 is 0 Å². The quantitative estimate of drug-likeness (QED) is 0.614. The lowest BCUT2D eigenvalue weighted by Gasteiger charge is -2.16. The first-order valence-electron chi connectivity index (χ1n) is 6.35. The van der Waals surface area contributed by atoms with E-state index in [1.165, 1.54) is 0 Å². The minimum absolute atomic E-state index is 0.118. The third-order valence-electron chi connectivity index (χ3n) is 2.89. The van der Waals surface area contributed by atoms with Gasteiger partial charge in [-0.05, 0) is 20.8 Å². The van der Waals surface area contributed by atoms with Crippen LogP contribution >= 0.6 is 11.3 Å². The van der Waals surface area contributed by atoms with Gasteiger partial charge in [-0.2, -0.15) is 5.10 Å². The second kappa shape index (κ2) is 6.23. The van der Waals surface area contributed by atoms with Gasteiger partial charge in [-0.1, -0.05) is 0 Å². The highest BCUT2D eigenvalue weighted by atomic mass is 32.1. The second-order valence-corrected chi connectivity index (χ2v) is 5.81. The van der Waals surface area contributed by atoms with E-state index < -0.39 is 0 Å². The summed E-state index contributed by atoms with van der Waals surface area (Å²) in [4.78, 5) is 8.78. The van der Waals surface area contributed by atoms with Crippen LogP contribution in [0.3, 0.4) is 0 Å². The zero-order valence-corrected chi connectivity index (χ0v) is 12.3. The third-order valence-corrected chi connectivity index (χ3v) is 3.88. The van der Waals surface area contributed by atoms with Crippen molar-refractivity contribution in [1.29, 1.82) is 0 Å². The predicted molar refractivity (Wildman–Crippen MR) is 75.8 cm³/mol. The maximum Gasteiger partial charge on any atom is 0.138 e. The molecule has 6 nitrogen and oxygen atoms in total. The molecule has 0 aliphatic carbocycles. The molecule has 1 unspecified atom stereocenters. The van der Waals surface area contributed by atoms with Crippen LogP contribution in [0.1, 0.15) is 36.4 Å². The predicted octanol–water partition coefficient (Wildman–Crippen LogP) is 1.24. The number of rotatable bonds is 6. The molecule has 104 valence electrons. The van der Waals surface area contributed by atoms with E-state index in [1.54, 1.807) is 17.7 Å². The van der Waals surface area contributed by atoms with Crippen LogP contribution in [-0.2, 0) is 12.8 Å². The fourth-order valence-corrected chi connectivity index (χ4v) is 2.82. The van der Waals surface area contributed by atoms with Crippen molar-refractivity contribution in [2.75, 3.05) is 0 Å². The number of thiazole rings is 1. The van der Waals surface area contributed by atoms with Crippen molar-refractivity contribution in [2.45, 2.75) is 45.7 Å². The summed E-state index contributed by atoms with van der Waals surface area (Å²) in [5.74, 6) is 6.59. The fourth-order valence-electron chi connectivity index (χ4n) is 1.97. The largest absolute Gasteiger partial charge is 0.271 e. The average molecular weight is 280 g/mol. The highest BCUT2D eigenvalue weighted by Crippen LogP contribution is 2.14. The number of hydrazine groups is 1. The van der Waals surface area contributed by atoms with Crippen LogP contribution in [0.2, 0.25) is 0 Å². The van der Waals surface area contributed by atoms with Gasteiger partial charge in [0, 0.05) is 36.0 Å². The molecule has 19 heavy (non-hydrogen) atoms. The maximum absolute atomic E-state index is 5.64. The normalized spacial score (nSPS) is 13.1. The molecule has 0 aromatic carbocycles. The third kappa shape index (κ3) is 3.59. The molecule has 0 aliphatic rings. The molecular weight excluding hydrogens is 260 g/mol. The van der Waals surface area contributed by atoms with Gasteiger partial charge in [-0.15, -0.1) is 11.3 Å². The van der Waals surface area contributed by atoms with Gasteiger partial charge in [0.05, 0.1) is 5.01 Å². The zero-order chi connectivity index (χ0) is 13.8. The van der Waals surface area contributed by atoms with E-state index in [2.05, 4.69) is 39.7 Å². The van der Waals surface area contributed by atoms with Crippen molar-refractivity contribution in [1.82, 2.24) is 25.2 Å².